The number of sulfonamides is 1. The monoisotopic (exact) mass is 243 g/mol. The molecule has 2 saturated carbocycles. The average molecular weight is 243 g/mol. The van der Waals surface area contributed by atoms with E-state index in [1.807, 2.05) is 0 Å². The Kier molecular flexibility index (Phi) is 1.98. The minimum Gasteiger partial charge on any atom is -0.274 e. The van der Waals surface area contributed by atoms with Gasteiger partial charge >= 0.3 is 0 Å². The molecule has 16 heavy (non-hydrogen) atoms. The van der Waals surface area contributed by atoms with Gasteiger partial charge in [-0.2, -0.15) is 0 Å². The standard InChI is InChI=1S/C11H17NO3S/c1-2-10(13)12-9-5-8-3-4-11(9,6-8)7-16(12,14)15/h8-9H,2-7H2,1H3/t8-,9-,11-/m1/s1. The molecule has 5 heteroatoms. The summed E-state index contributed by atoms with van der Waals surface area (Å²) in [6.45, 7) is 1.73. The molecule has 0 radical (unpaired) electrons. The summed E-state index contributed by atoms with van der Waals surface area (Å²) in [5.41, 5.74) is -0.0751. The van der Waals surface area contributed by atoms with Crippen molar-refractivity contribution in [1.29, 1.82) is 0 Å². The summed E-state index contributed by atoms with van der Waals surface area (Å²) in [7, 11) is -3.32. The fraction of sp³-hybridized carbons (Fsp3) is 0.909. The highest BCUT2D eigenvalue weighted by molar-refractivity contribution is 7.90. The summed E-state index contributed by atoms with van der Waals surface area (Å²) in [5.74, 6) is 0.662. The van der Waals surface area contributed by atoms with Crippen LogP contribution in [0.4, 0.5) is 0 Å². The molecule has 0 unspecified atom stereocenters. The van der Waals surface area contributed by atoms with Gasteiger partial charge in [-0.1, -0.05) is 6.92 Å². The van der Waals surface area contributed by atoms with Crippen LogP contribution in [0.1, 0.15) is 39.0 Å². The summed E-state index contributed by atoms with van der Waals surface area (Å²) in [6.07, 6.45) is 4.36. The van der Waals surface area contributed by atoms with E-state index in [0.29, 0.717) is 5.92 Å². The van der Waals surface area contributed by atoms with Crippen molar-refractivity contribution in [3.05, 3.63) is 0 Å². The van der Waals surface area contributed by atoms with E-state index in [4.69, 9.17) is 0 Å². The zero-order valence-corrected chi connectivity index (χ0v) is 10.3. The van der Waals surface area contributed by atoms with E-state index in [-0.39, 0.29) is 29.5 Å². The van der Waals surface area contributed by atoms with Crippen LogP contribution < -0.4 is 0 Å². The summed E-state index contributed by atoms with van der Waals surface area (Å²) in [6, 6.07) is -0.0105. The van der Waals surface area contributed by atoms with E-state index in [1.54, 1.807) is 6.92 Å². The van der Waals surface area contributed by atoms with Crippen LogP contribution in [-0.2, 0) is 14.8 Å². The van der Waals surface area contributed by atoms with Crippen LogP contribution in [0.2, 0.25) is 0 Å². The number of hydrogen-bond acceptors (Lipinski definition) is 3. The lowest BCUT2D eigenvalue weighted by atomic mass is 9.82. The van der Waals surface area contributed by atoms with Gasteiger partial charge in [-0.25, -0.2) is 12.7 Å². The summed E-state index contributed by atoms with van der Waals surface area (Å²) >= 11 is 0. The predicted octanol–water partition coefficient (Wildman–Crippen LogP) is 1.13. The molecule has 0 N–H and O–H groups in total. The molecule has 0 aromatic heterocycles. The van der Waals surface area contributed by atoms with Crippen LogP contribution in [0.5, 0.6) is 0 Å². The van der Waals surface area contributed by atoms with E-state index >= 15 is 0 Å². The lowest BCUT2D eigenvalue weighted by molar-refractivity contribution is -0.128. The van der Waals surface area contributed by atoms with E-state index in [1.165, 1.54) is 4.31 Å². The fourth-order valence-corrected chi connectivity index (χ4v) is 6.48. The average Bonchev–Trinajstić information content (AvgIpc) is 2.78. The van der Waals surface area contributed by atoms with Gasteiger partial charge < -0.3 is 0 Å². The normalized spacial score (nSPS) is 43.7. The highest BCUT2D eigenvalue weighted by atomic mass is 32.2. The highest BCUT2D eigenvalue weighted by Crippen LogP contribution is 2.60. The van der Waals surface area contributed by atoms with Gasteiger partial charge in [0.05, 0.1) is 11.8 Å². The minimum absolute atomic E-state index is 0.0105. The van der Waals surface area contributed by atoms with Gasteiger partial charge in [-0.15, -0.1) is 0 Å². The summed E-state index contributed by atoms with van der Waals surface area (Å²) in [5, 5.41) is 0. The maximum atomic E-state index is 12.1. The number of fused-ring (bicyclic) bond motifs is 1. The van der Waals surface area contributed by atoms with Crippen LogP contribution >= 0.6 is 0 Å². The second-order valence-corrected chi connectivity index (χ2v) is 7.37. The Hall–Kier alpha value is -0.580. The Morgan fingerprint density at radius 1 is 1.50 bits per heavy atom. The number of carbonyl (C=O) groups is 1. The van der Waals surface area contributed by atoms with Crippen LogP contribution in [0.15, 0.2) is 0 Å². The van der Waals surface area contributed by atoms with Gasteiger partial charge in [0.15, 0.2) is 0 Å². The molecule has 2 bridgehead atoms. The van der Waals surface area contributed by atoms with E-state index < -0.39 is 10.0 Å². The number of hydrogen-bond donors (Lipinski definition) is 0. The van der Waals surface area contributed by atoms with Crippen molar-refractivity contribution in [3.63, 3.8) is 0 Å². The molecule has 3 aliphatic rings. The van der Waals surface area contributed by atoms with E-state index in [2.05, 4.69) is 0 Å². The first-order valence-corrected chi connectivity index (χ1v) is 7.64. The first-order chi connectivity index (χ1) is 7.48. The molecule has 0 aromatic carbocycles. The SMILES string of the molecule is CCC(=O)N1[C@@H]2C[C@H]3CC[C@@]2(C3)CS1(=O)=O. The second-order valence-electron chi connectivity index (χ2n) is 5.52. The Bertz CT molecular complexity index is 444. The van der Waals surface area contributed by atoms with Gasteiger partial charge in [-0.3, -0.25) is 4.79 Å². The van der Waals surface area contributed by atoms with Crippen molar-refractivity contribution >= 4 is 15.9 Å². The predicted molar refractivity (Wildman–Crippen MR) is 59.1 cm³/mol. The summed E-state index contributed by atoms with van der Waals surface area (Å²) < 4.78 is 25.4. The Morgan fingerprint density at radius 2 is 2.25 bits per heavy atom. The molecule has 2 aliphatic carbocycles. The first kappa shape index (κ1) is 10.6. The Labute approximate surface area is 96.1 Å². The molecule has 4 nitrogen and oxygen atoms in total. The molecular formula is C11H17NO3S. The topological polar surface area (TPSA) is 54.5 Å². The largest absolute Gasteiger partial charge is 0.274 e. The third-order valence-electron chi connectivity index (χ3n) is 4.61. The lowest BCUT2D eigenvalue weighted by Crippen LogP contribution is -2.41. The number of nitrogens with zero attached hydrogens (tertiary/aromatic N) is 1. The maximum Gasteiger partial charge on any atom is 0.238 e. The molecule has 0 aromatic rings. The molecular weight excluding hydrogens is 226 g/mol. The molecule has 3 rings (SSSR count). The second kappa shape index (κ2) is 3.00. The van der Waals surface area contributed by atoms with Crippen molar-refractivity contribution in [2.45, 2.75) is 45.1 Å². The first-order valence-electron chi connectivity index (χ1n) is 6.03. The molecule has 90 valence electrons. The Balaban J connectivity index is 2.03. The van der Waals surface area contributed by atoms with Gasteiger partial charge in [0, 0.05) is 11.8 Å². The third-order valence-corrected chi connectivity index (χ3v) is 6.61. The molecule has 1 aliphatic heterocycles. The zero-order chi connectivity index (χ0) is 11.6. The molecule has 1 amide bonds. The lowest BCUT2D eigenvalue weighted by Gasteiger charge is -2.30. The number of amides is 1. The van der Waals surface area contributed by atoms with Gasteiger partial charge in [0.1, 0.15) is 0 Å². The summed E-state index contributed by atoms with van der Waals surface area (Å²) in [4.78, 5) is 11.8. The van der Waals surface area contributed by atoms with Crippen LogP contribution in [0.25, 0.3) is 0 Å². The fourth-order valence-electron chi connectivity index (χ4n) is 4.02. The maximum absolute atomic E-state index is 12.1. The molecule has 1 saturated heterocycles. The van der Waals surface area contributed by atoms with Gasteiger partial charge in [-0.05, 0) is 31.6 Å². The zero-order valence-electron chi connectivity index (χ0n) is 9.48. The van der Waals surface area contributed by atoms with Crippen molar-refractivity contribution < 1.29 is 13.2 Å². The van der Waals surface area contributed by atoms with Crippen molar-refractivity contribution in [2.75, 3.05) is 5.75 Å². The highest BCUT2D eigenvalue weighted by Gasteiger charge is 2.63. The molecule has 3 fully saturated rings. The van der Waals surface area contributed by atoms with Gasteiger partial charge in [0.2, 0.25) is 15.9 Å². The van der Waals surface area contributed by atoms with E-state index in [9.17, 15) is 13.2 Å². The number of carbonyl (C=O) groups excluding carboxylic acids is 1. The van der Waals surface area contributed by atoms with E-state index in [0.717, 1.165) is 25.7 Å². The molecule has 1 spiro atoms. The van der Waals surface area contributed by atoms with Crippen LogP contribution in [0.3, 0.4) is 0 Å². The molecule has 1 heterocycles. The van der Waals surface area contributed by atoms with Crippen molar-refractivity contribution in [3.8, 4) is 0 Å². The molecule has 3 atom stereocenters. The Morgan fingerprint density at radius 3 is 2.88 bits per heavy atom. The third kappa shape index (κ3) is 1.15. The van der Waals surface area contributed by atoms with Crippen molar-refractivity contribution in [2.24, 2.45) is 11.3 Å². The smallest absolute Gasteiger partial charge is 0.238 e. The number of rotatable bonds is 1. The quantitative estimate of drug-likeness (QED) is 0.693. The van der Waals surface area contributed by atoms with Gasteiger partial charge in [0.25, 0.3) is 0 Å². The van der Waals surface area contributed by atoms with Crippen LogP contribution in [-0.4, -0.2) is 30.4 Å². The minimum atomic E-state index is -3.32. The van der Waals surface area contributed by atoms with Crippen LogP contribution in [0, 0.1) is 11.3 Å². The van der Waals surface area contributed by atoms with Crippen molar-refractivity contribution in [1.82, 2.24) is 4.31 Å².